The lowest BCUT2D eigenvalue weighted by Gasteiger charge is -2.36. The van der Waals surface area contributed by atoms with E-state index in [9.17, 15) is 0 Å². The van der Waals surface area contributed by atoms with Gasteiger partial charge in [0, 0.05) is 39.3 Å². The number of piperazine rings is 1. The van der Waals surface area contributed by atoms with E-state index in [0.29, 0.717) is 12.1 Å². The van der Waals surface area contributed by atoms with Crippen LogP contribution in [0.25, 0.3) is 0 Å². The number of nitrogens with zero attached hydrogens (tertiary/aromatic N) is 4. The first-order chi connectivity index (χ1) is 15.2. The molecule has 0 amide bonds. The molecule has 1 aliphatic rings. The van der Waals surface area contributed by atoms with Crippen molar-refractivity contribution in [2.24, 2.45) is 4.99 Å². The third kappa shape index (κ3) is 7.00. The molecule has 1 heterocycles. The van der Waals surface area contributed by atoms with Gasteiger partial charge in [0.25, 0.3) is 0 Å². The smallest absolute Gasteiger partial charge is 0.194 e. The molecular formula is C24H32IN5O2. The summed E-state index contributed by atoms with van der Waals surface area (Å²) >= 11 is 0. The van der Waals surface area contributed by atoms with Gasteiger partial charge < -0.3 is 19.7 Å². The van der Waals surface area contributed by atoms with Crippen LogP contribution in [0.2, 0.25) is 0 Å². The molecule has 8 heteroatoms. The van der Waals surface area contributed by atoms with E-state index in [1.165, 1.54) is 5.56 Å². The zero-order chi connectivity index (χ0) is 22.1. The van der Waals surface area contributed by atoms with E-state index in [0.717, 1.165) is 62.3 Å². The minimum atomic E-state index is 0. The molecule has 2 aromatic rings. The molecular weight excluding hydrogens is 517 g/mol. The van der Waals surface area contributed by atoms with Crippen LogP contribution in [0.5, 0.6) is 11.5 Å². The number of benzene rings is 2. The van der Waals surface area contributed by atoms with E-state index in [1.807, 2.05) is 36.4 Å². The first-order valence-electron chi connectivity index (χ1n) is 10.6. The van der Waals surface area contributed by atoms with E-state index >= 15 is 0 Å². The van der Waals surface area contributed by atoms with Crippen LogP contribution in [-0.4, -0.2) is 62.7 Å². The Balaban J connectivity index is 0.00000363. The Morgan fingerprint density at radius 2 is 1.66 bits per heavy atom. The standard InChI is InChI=1S/C24H31N5O2.HI/c1-4-26-24(27-17-20-7-5-19(16-25)6-8-20)29-13-11-28(12-14-29)18-21-9-10-22(30-2)23(15-21)31-3;/h5-10,15H,4,11-14,17-18H2,1-3H3,(H,26,27);1H. The van der Waals surface area contributed by atoms with Gasteiger partial charge in [-0.1, -0.05) is 18.2 Å². The molecule has 0 spiro atoms. The van der Waals surface area contributed by atoms with Crippen LogP contribution in [0.4, 0.5) is 0 Å². The van der Waals surface area contributed by atoms with Crippen molar-refractivity contribution in [2.45, 2.75) is 20.0 Å². The number of hydrogen-bond acceptors (Lipinski definition) is 5. The summed E-state index contributed by atoms with van der Waals surface area (Å²) in [5.41, 5.74) is 2.99. The molecule has 1 saturated heterocycles. The highest BCUT2D eigenvalue weighted by molar-refractivity contribution is 14.0. The lowest BCUT2D eigenvalue weighted by atomic mass is 10.1. The molecule has 0 aromatic heterocycles. The molecule has 32 heavy (non-hydrogen) atoms. The van der Waals surface area contributed by atoms with E-state index in [-0.39, 0.29) is 24.0 Å². The topological polar surface area (TPSA) is 73.1 Å². The first kappa shape index (κ1) is 25.7. The number of hydrogen-bond donors (Lipinski definition) is 1. The Kier molecular flexibility index (Phi) is 10.6. The maximum atomic E-state index is 8.94. The maximum absolute atomic E-state index is 8.94. The van der Waals surface area contributed by atoms with Gasteiger partial charge in [0.05, 0.1) is 32.4 Å². The van der Waals surface area contributed by atoms with Crippen LogP contribution >= 0.6 is 24.0 Å². The number of methoxy groups -OCH3 is 2. The van der Waals surface area contributed by atoms with Crippen LogP contribution in [0.15, 0.2) is 47.5 Å². The van der Waals surface area contributed by atoms with Gasteiger partial charge in [0.2, 0.25) is 0 Å². The molecule has 1 N–H and O–H groups in total. The second-order valence-corrected chi connectivity index (χ2v) is 7.43. The van der Waals surface area contributed by atoms with Crippen molar-refractivity contribution in [3.63, 3.8) is 0 Å². The fourth-order valence-electron chi connectivity index (χ4n) is 3.63. The number of nitrogens with one attached hydrogen (secondary N) is 1. The predicted molar refractivity (Wildman–Crippen MR) is 138 cm³/mol. The van der Waals surface area contributed by atoms with Crippen molar-refractivity contribution < 1.29 is 9.47 Å². The maximum Gasteiger partial charge on any atom is 0.194 e. The summed E-state index contributed by atoms with van der Waals surface area (Å²) < 4.78 is 10.8. The highest BCUT2D eigenvalue weighted by atomic mass is 127. The Bertz CT molecular complexity index is 919. The summed E-state index contributed by atoms with van der Waals surface area (Å²) in [6, 6.07) is 15.9. The summed E-state index contributed by atoms with van der Waals surface area (Å²) in [5.74, 6) is 2.46. The highest BCUT2D eigenvalue weighted by Gasteiger charge is 2.20. The molecule has 0 bridgehead atoms. The fourth-order valence-corrected chi connectivity index (χ4v) is 3.63. The molecule has 1 fully saturated rings. The van der Waals surface area contributed by atoms with Crippen molar-refractivity contribution >= 4 is 29.9 Å². The molecule has 0 unspecified atom stereocenters. The lowest BCUT2D eigenvalue weighted by Crippen LogP contribution is -2.52. The van der Waals surface area contributed by atoms with Crippen LogP contribution in [0.1, 0.15) is 23.6 Å². The Morgan fingerprint density at radius 3 is 2.25 bits per heavy atom. The van der Waals surface area contributed by atoms with Crippen molar-refractivity contribution in [2.75, 3.05) is 46.9 Å². The molecule has 0 radical (unpaired) electrons. The second kappa shape index (κ2) is 13.1. The Hall–Kier alpha value is -2.51. The molecule has 7 nitrogen and oxygen atoms in total. The second-order valence-electron chi connectivity index (χ2n) is 7.43. The largest absolute Gasteiger partial charge is 0.493 e. The van der Waals surface area contributed by atoms with Crippen molar-refractivity contribution in [1.29, 1.82) is 5.26 Å². The predicted octanol–water partition coefficient (Wildman–Crippen LogP) is 3.48. The molecule has 1 aliphatic heterocycles. The van der Waals surface area contributed by atoms with Crippen LogP contribution < -0.4 is 14.8 Å². The zero-order valence-corrected chi connectivity index (χ0v) is 21.3. The fraction of sp³-hybridized carbons (Fsp3) is 0.417. The third-order valence-corrected chi connectivity index (χ3v) is 5.36. The number of rotatable bonds is 7. The minimum Gasteiger partial charge on any atom is -0.493 e. The van der Waals surface area contributed by atoms with E-state index < -0.39 is 0 Å². The summed E-state index contributed by atoms with van der Waals surface area (Å²) in [6.07, 6.45) is 0. The molecule has 0 saturated carbocycles. The van der Waals surface area contributed by atoms with E-state index in [4.69, 9.17) is 19.7 Å². The minimum absolute atomic E-state index is 0. The van der Waals surface area contributed by atoms with Gasteiger partial charge >= 0.3 is 0 Å². The van der Waals surface area contributed by atoms with Gasteiger partial charge in [-0.3, -0.25) is 4.90 Å². The number of ether oxygens (including phenoxy) is 2. The molecule has 0 atom stereocenters. The number of nitriles is 1. The first-order valence-corrected chi connectivity index (χ1v) is 10.6. The Morgan fingerprint density at radius 1 is 1.00 bits per heavy atom. The Labute approximate surface area is 208 Å². The lowest BCUT2D eigenvalue weighted by molar-refractivity contribution is 0.172. The highest BCUT2D eigenvalue weighted by Crippen LogP contribution is 2.28. The number of halogens is 1. The monoisotopic (exact) mass is 549 g/mol. The van der Waals surface area contributed by atoms with E-state index in [2.05, 4.69) is 34.2 Å². The van der Waals surface area contributed by atoms with Gasteiger partial charge in [0.15, 0.2) is 17.5 Å². The van der Waals surface area contributed by atoms with E-state index in [1.54, 1.807) is 14.2 Å². The average Bonchev–Trinajstić information content (AvgIpc) is 2.82. The van der Waals surface area contributed by atoms with Gasteiger partial charge in [-0.15, -0.1) is 24.0 Å². The van der Waals surface area contributed by atoms with Crippen molar-refractivity contribution in [1.82, 2.24) is 15.1 Å². The molecule has 3 rings (SSSR count). The van der Waals surface area contributed by atoms with Gasteiger partial charge in [0.1, 0.15) is 0 Å². The SMILES string of the molecule is CCNC(=NCc1ccc(C#N)cc1)N1CCN(Cc2ccc(OC)c(OC)c2)CC1.I. The summed E-state index contributed by atoms with van der Waals surface area (Å²) in [7, 11) is 3.32. The number of guanidine groups is 1. The summed E-state index contributed by atoms with van der Waals surface area (Å²) in [5, 5.41) is 12.4. The van der Waals surface area contributed by atoms with Crippen LogP contribution in [0.3, 0.4) is 0 Å². The molecule has 2 aromatic carbocycles. The normalized spacial score (nSPS) is 14.3. The van der Waals surface area contributed by atoms with Crippen LogP contribution in [0, 0.1) is 11.3 Å². The van der Waals surface area contributed by atoms with Gasteiger partial charge in [-0.05, 0) is 42.3 Å². The summed E-state index contributed by atoms with van der Waals surface area (Å²) in [4.78, 5) is 9.58. The molecule has 172 valence electrons. The third-order valence-electron chi connectivity index (χ3n) is 5.36. The van der Waals surface area contributed by atoms with Crippen molar-refractivity contribution in [3.05, 3.63) is 59.2 Å². The van der Waals surface area contributed by atoms with Gasteiger partial charge in [-0.25, -0.2) is 4.99 Å². The summed E-state index contributed by atoms with van der Waals surface area (Å²) in [6.45, 7) is 8.18. The van der Waals surface area contributed by atoms with Crippen molar-refractivity contribution in [3.8, 4) is 17.6 Å². The molecule has 0 aliphatic carbocycles. The zero-order valence-electron chi connectivity index (χ0n) is 19.0. The van der Waals surface area contributed by atoms with Gasteiger partial charge in [-0.2, -0.15) is 5.26 Å². The van der Waals surface area contributed by atoms with Crippen LogP contribution in [-0.2, 0) is 13.1 Å². The quantitative estimate of drug-likeness (QED) is 0.324. The average molecular weight is 549 g/mol. The number of aliphatic imine (C=N–C) groups is 1.